The first-order chi connectivity index (χ1) is 16.1. The Morgan fingerprint density at radius 1 is 1.18 bits per heavy atom. The lowest BCUT2D eigenvalue weighted by Crippen LogP contribution is -2.24. The highest BCUT2D eigenvalue weighted by molar-refractivity contribution is 7.99. The minimum Gasteiger partial charge on any atom is -0.272 e. The number of para-hydroxylation sites is 1. The van der Waals surface area contributed by atoms with Crippen LogP contribution in [0.2, 0.25) is 0 Å². The molecular weight excluding hydrogens is 472 g/mol. The first-order valence-electron chi connectivity index (χ1n) is 10.7. The molecule has 1 amide bonds. The van der Waals surface area contributed by atoms with E-state index in [0.29, 0.717) is 5.16 Å². The van der Waals surface area contributed by atoms with Gasteiger partial charge < -0.3 is 0 Å². The molecular formula is C24H22N4O2S3. The first kappa shape index (κ1) is 22.1. The van der Waals surface area contributed by atoms with Crippen molar-refractivity contribution in [3.05, 3.63) is 73.0 Å². The van der Waals surface area contributed by atoms with Crippen LogP contribution in [-0.2, 0) is 17.6 Å². The van der Waals surface area contributed by atoms with Gasteiger partial charge in [-0.2, -0.15) is 5.10 Å². The maximum absolute atomic E-state index is 13.7. The van der Waals surface area contributed by atoms with E-state index in [1.54, 1.807) is 33.5 Å². The zero-order valence-corrected chi connectivity index (χ0v) is 20.5. The van der Waals surface area contributed by atoms with Crippen molar-refractivity contribution >= 4 is 56.8 Å². The van der Waals surface area contributed by atoms with Crippen LogP contribution in [-0.4, -0.2) is 27.4 Å². The monoisotopic (exact) mass is 494 g/mol. The summed E-state index contributed by atoms with van der Waals surface area (Å²) in [6.45, 7) is 2.03. The molecule has 0 spiro atoms. The SMILES string of the molecule is Cc1ccc(/C=N\NC(=O)CSc2nc3sc4c(c3c(=O)n2-c2ccccc2)CCCC4)s1. The number of carbonyl (C=O) groups is 1. The van der Waals surface area contributed by atoms with Gasteiger partial charge in [-0.3, -0.25) is 14.2 Å². The molecule has 0 atom stereocenters. The van der Waals surface area contributed by atoms with E-state index in [2.05, 4.69) is 10.5 Å². The summed E-state index contributed by atoms with van der Waals surface area (Å²) >= 11 is 4.48. The first-order valence-corrected chi connectivity index (χ1v) is 13.4. The van der Waals surface area contributed by atoms with Crippen LogP contribution < -0.4 is 11.0 Å². The Morgan fingerprint density at radius 2 is 2.00 bits per heavy atom. The Hall–Kier alpha value is -2.75. The highest BCUT2D eigenvalue weighted by atomic mass is 32.2. The van der Waals surface area contributed by atoms with Crippen molar-refractivity contribution in [3.8, 4) is 5.69 Å². The standard InChI is InChI=1S/C24H22N4O2S3/c1-15-11-12-17(32-15)13-25-27-20(29)14-31-24-26-22-21(18-9-5-6-10-19(18)33-22)23(30)28(24)16-7-3-2-4-8-16/h2-4,7-8,11-13H,5-6,9-10,14H2,1H3,(H,27,29)/b25-13-. The van der Waals surface area contributed by atoms with Crippen LogP contribution in [0.1, 0.15) is 33.0 Å². The normalized spacial score (nSPS) is 13.5. The number of amides is 1. The van der Waals surface area contributed by atoms with Gasteiger partial charge in [-0.25, -0.2) is 10.4 Å². The van der Waals surface area contributed by atoms with Crippen LogP contribution in [0.3, 0.4) is 0 Å². The maximum Gasteiger partial charge on any atom is 0.267 e. The fourth-order valence-electron chi connectivity index (χ4n) is 3.94. The van der Waals surface area contributed by atoms with Gasteiger partial charge in [-0.1, -0.05) is 30.0 Å². The van der Waals surface area contributed by atoms with Crippen molar-refractivity contribution in [1.29, 1.82) is 0 Å². The number of carbonyl (C=O) groups excluding carboxylic acids is 1. The number of hydrogen-bond donors (Lipinski definition) is 1. The predicted octanol–water partition coefficient (Wildman–Crippen LogP) is 4.94. The van der Waals surface area contributed by atoms with Gasteiger partial charge in [0.1, 0.15) is 4.83 Å². The van der Waals surface area contributed by atoms with Crippen molar-refractivity contribution in [2.24, 2.45) is 5.10 Å². The molecule has 5 rings (SSSR count). The van der Waals surface area contributed by atoms with E-state index < -0.39 is 0 Å². The van der Waals surface area contributed by atoms with Gasteiger partial charge in [-0.05, 0) is 62.4 Å². The molecule has 1 N–H and O–H groups in total. The average Bonchev–Trinajstić information content (AvgIpc) is 3.41. The molecule has 3 heterocycles. The highest BCUT2D eigenvalue weighted by Crippen LogP contribution is 2.35. The van der Waals surface area contributed by atoms with E-state index in [1.165, 1.54) is 21.5 Å². The van der Waals surface area contributed by atoms with E-state index in [-0.39, 0.29) is 17.2 Å². The molecule has 4 aromatic rings. The van der Waals surface area contributed by atoms with Crippen LogP contribution in [0.25, 0.3) is 15.9 Å². The maximum atomic E-state index is 13.7. The van der Waals surface area contributed by atoms with E-state index in [9.17, 15) is 9.59 Å². The Labute approximate surface area is 203 Å². The second kappa shape index (κ2) is 9.62. The predicted molar refractivity (Wildman–Crippen MR) is 137 cm³/mol. The molecule has 6 nitrogen and oxygen atoms in total. The number of hydrazone groups is 1. The van der Waals surface area contributed by atoms with Gasteiger partial charge in [0.05, 0.1) is 23.0 Å². The fourth-order valence-corrected chi connectivity index (χ4v) is 6.80. The Kier molecular flexibility index (Phi) is 6.43. The molecule has 1 aromatic carbocycles. The average molecular weight is 495 g/mol. The van der Waals surface area contributed by atoms with E-state index in [0.717, 1.165) is 52.0 Å². The number of aryl methyl sites for hydroxylation is 3. The fraction of sp³-hybridized carbons (Fsp3) is 0.250. The highest BCUT2D eigenvalue weighted by Gasteiger charge is 2.23. The topological polar surface area (TPSA) is 76.3 Å². The van der Waals surface area contributed by atoms with Crippen LogP contribution in [0.15, 0.2) is 57.5 Å². The number of aromatic nitrogens is 2. The molecule has 168 valence electrons. The van der Waals surface area contributed by atoms with Crippen molar-refractivity contribution in [3.63, 3.8) is 0 Å². The van der Waals surface area contributed by atoms with Crippen LogP contribution >= 0.6 is 34.4 Å². The molecule has 0 saturated heterocycles. The zero-order valence-electron chi connectivity index (χ0n) is 18.0. The summed E-state index contributed by atoms with van der Waals surface area (Å²) in [7, 11) is 0. The number of thiophene rings is 2. The summed E-state index contributed by atoms with van der Waals surface area (Å²) in [4.78, 5) is 35.1. The Bertz CT molecular complexity index is 1400. The summed E-state index contributed by atoms with van der Waals surface area (Å²) in [6, 6.07) is 13.5. The second-order valence-electron chi connectivity index (χ2n) is 7.79. The Morgan fingerprint density at radius 3 is 2.79 bits per heavy atom. The van der Waals surface area contributed by atoms with E-state index in [1.807, 2.05) is 49.4 Å². The third-order valence-corrected chi connectivity index (χ3v) is 8.51. The molecule has 0 bridgehead atoms. The third kappa shape index (κ3) is 4.66. The van der Waals surface area contributed by atoms with Gasteiger partial charge in [0, 0.05) is 14.6 Å². The molecule has 3 aromatic heterocycles. The number of benzene rings is 1. The largest absolute Gasteiger partial charge is 0.272 e. The van der Waals surface area contributed by atoms with E-state index >= 15 is 0 Å². The van der Waals surface area contributed by atoms with Crippen molar-refractivity contribution in [2.75, 3.05) is 5.75 Å². The second-order valence-corrected chi connectivity index (χ2v) is 11.1. The lowest BCUT2D eigenvalue weighted by molar-refractivity contribution is -0.118. The van der Waals surface area contributed by atoms with Gasteiger partial charge >= 0.3 is 0 Å². The molecule has 0 aliphatic heterocycles. The molecule has 0 fully saturated rings. The molecule has 33 heavy (non-hydrogen) atoms. The van der Waals surface area contributed by atoms with Crippen LogP contribution in [0.4, 0.5) is 0 Å². The summed E-state index contributed by atoms with van der Waals surface area (Å²) in [5.41, 5.74) is 4.42. The van der Waals surface area contributed by atoms with Gasteiger partial charge in [0.25, 0.3) is 11.5 Å². The van der Waals surface area contributed by atoms with Crippen molar-refractivity contribution in [2.45, 2.75) is 37.8 Å². The van der Waals surface area contributed by atoms with Crippen LogP contribution in [0, 0.1) is 6.92 Å². The van der Waals surface area contributed by atoms with Crippen molar-refractivity contribution in [1.82, 2.24) is 15.0 Å². The summed E-state index contributed by atoms with van der Waals surface area (Å²) < 4.78 is 1.64. The number of rotatable bonds is 6. The molecule has 1 aliphatic rings. The number of nitrogens with one attached hydrogen (secondary N) is 1. The summed E-state index contributed by atoms with van der Waals surface area (Å²) in [5, 5.41) is 5.30. The summed E-state index contributed by atoms with van der Waals surface area (Å²) in [5.74, 6) is -0.139. The zero-order chi connectivity index (χ0) is 22.8. The number of hydrogen-bond acceptors (Lipinski definition) is 7. The molecule has 1 aliphatic carbocycles. The van der Waals surface area contributed by atoms with Gasteiger partial charge in [0.15, 0.2) is 5.16 Å². The third-order valence-electron chi connectivity index (χ3n) is 5.45. The molecule has 0 radical (unpaired) electrons. The minimum absolute atomic E-state index is 0.0559. The lowest BCUT2D eigenvalue weighted by Gasteiger charge is -2.13. The Balaban J connectivity index is 1.43. The van der Waals surface area contributed by atoms with Crippen LogP contribution in [0.5, 0.6) is 0 Å². The number of nitrogens with zero attached hydrogens (tertiary/aromatic N) is 3. The molecule has 9 heteroatoms. The number of fused-ring (bicyclic) bond motifs is 3. The molecule has 0 unspecified atom stereocenters. The summed E-state index contributed by atoms with van der Waals surface area (Å²) in [6.07, 6.45) is 5.83. The minimum atomic E-state index is -0.246. The van der Waals surface area contributed by atoms with E-state index in [4.69, 9.17) is 4.98 Å². The lowest BCUT2D eigenvalue weighted by atomic mass is 9.97. The van der Waals surface area contributed by atoms with Gasteiger partial charge in [0.2, 0.25) is 0 Å². The molecule has 0 saturated carbocycles. The van der Waals surface area contributed by atoms with Crippen molar-refractivity contribution < 1.29 is 4.79 Å². The van der Waals surface area contributed by atoms with Gasteiger partial charge in [-0.15, -0.1) is 22.7 Å². The quantitative estimate of drug-likeness (QED) is 0.178. The smallest absolute Gasteiger partial charge is 0.267 e. The number of thioether (sulfide) groups is 1.